The van der Waals surface area contributed by atoms with Crippen molar-refractivity contribution in [1.82, 2.24) is 0 Å². The lowest BCUT2D eigenvalue weighted by Gasteiger charge is -2.49. The number of anilines is 3. The molecule has 0 N–H and O–H groups in total. The molecule has 1 spiro atoms. The molecule has 4 fully saturated rings. The van der Waals surface area contributed by atoms with Gasteiger partial charge in [0.2, 0.25) is 0 Å². The van der Waals surface area contributed by atoms with Gasteiger partial charge in [0.15, 0.2) is 5.75 Å². The number of hydrogen-bond acceptors (Lipinski definition) is 2. The number of fused-ring (bicyclic) bond motifs is 3. The summed E-state index contributed by atoms with van der Waals surface area (Å²) in [6.45, 7) is 9.77. The molecule has 0 amide bonds. The van der Waals surface area contributed by atoms with Crippen LogP contribution in [0.1, 0.15) is 88.5 Å². The van der Waals surface area contributed by atoms with E-state index in [2.05, 4.69) is 148 Å². The van der Waals surface area contributed by atoms with Gasteiger partial charge >= 0.3 is 0 Å². The Bertz CT molecular complexity index is 2090. The summed E-state index contributed by atoms with van der Waals surface area (Å²) in [7, 11) is 0. The maximum Gasteiger partial charge on any atom is 0.155 e. The molecule has 5 aromatic rings. The molecule has 2 heteroatoms. The zero-order valence-corrected chi connectivity index (χ0v) is 29.4. The van der Waals surface area contributed by atoms with Crippen molar-refractivity contribution in [1.29, 1.82) is 0 Å². The molecule has 0 aromatic heterocycles. The molecule has 4 saturated carbocycles. The van der Waals surface area contributed by atoms with Gasteiger partial charge in [-0.3, -0.25) is 0 Å². The molecule has 6 aliphatic rings. The van der Waals surface area contributed by atoms with E-state index < -0.39 is 0 Å². The van der Waals surface area contributed by atoms with Crippen LogP contribution in [0, 0.1) is 23.7 Å². The summed E-state index contributed by atoms with van der Waals surface area (Å²) in [5, 5.41) is 0. The molecule has 49 heavy (non-hydrogen) atoms. The van der Waals surface area contributed by atoms with Crippen molar-refractivity contribution in [2.24, 2.45) is 23.7 Å². The van der Waals surface area contributed by atoms with Crippen LogP contribution in [-0.2, 0) is 16.2 Å². The molecule has 0 saturated heterocycles. The Morgan fingerprint density at radius 1 is 0.571 bits per heavy atom. The lowest BCUT2D eigenvalue weighted by atomic mass is 9.56. The van der Waals surface area contributed by atoms with E-state index in [-0.39, 0.29) is 16.2 Å². The van der Waals surface area contributed by atoms with Crippen LogP contribution < -0.4 is 9.64 Å². The fraction of sp³-hybridized carbons (Fsp3) is 0.362. The van der Waals surface area contributed by atoms with Crippen molar-refractivity contribution in [3.8, 4) is 22.6 Å². The Labute approximate surface area is 292 Å². The average molecular weight is 642 g/mol. The average Bonchev–Trinajstić information content (AvgIpc) is 3.53. The number of para-hydroxylation sites is 2. The van der Waals surface area contributed by atoms with E-state index in [1.807, 2.05) is 0 Å². The van der Waals surface area contributed by atoms with E-state index in [1.165, 1.54) is 76.9 Å². The molecule has 246 valence electrons. The Morgan fingerprint density at radius 2 is 1.24 bits per heavy atom. The third-order valence-corrected chi connectivity index (χ3v) is 13.7. The number of benzene rings is 5. The molecule has 5 aliphatic carbocycles. The Hall–Kier alpha value is -4.30. The molecular weight excluding hydrogens is 595 g/mol. The minimum atomic E-state index is 0.0259. The van der Waals surface area contributed by atoms with Crippen LogP contribution in [0.15, 0.2) is 115 Å². The normalized spacial score (nSPS) is 27.7. The maximum absolute atomic E-state index is 7.22. The van der Waals surface area contributed by atoms with Gasteiger partial charge in [0, 0.05) is 22.2 Å². The summed E-state index contributed by atoms with van der Waals surface area (Å²) in [5.41, 5.74) is 12.1. The highest BCUT2D eigenvalue weighted by Gasteiger charge is 2.66. The zero-order chi connectivity index (χ0) is 33.1. The Balaban J connectivity index is 1.23. The summed E-state index contributed by atoms with van der Waals surface area (Å²) in [4.78, 5) is 2.56. The van der Waals surface area contributed by atoms with Gasteiger partial charge in [-0.05, 0) is 126 Å². The monoisotopic (exact) mass is 641 g/mol. The van der Waals surface area contributed by atoms with Crippen molar-refractivity contribution in [3.05, 3.63) is 138 Å². The van der Waals surface area contributed by atoms with Gasteiger partial charge in [-0.2, -0.15) is 0 Å². The minimum absolute atomic E-state index is 0.0259. The van der Waals surface area contributed by atoms with Crippen LogP contribution in [0.2, 0.25) is 0 Å². The van der Waals surface area contributed by atoms with Gasteiger partial charge in [0.1, 0.15) is 5.75 Å². The first-order valence-corrected chi connectivity index (χ1v) is 18.8. The van der Waals surface area contributed by atoms with Crippen LogP contribution in [0.4, 0.5) is 17.1 Å². The molecule has 11 rings (SSSR count). The van der Waals surface area contributed by atoms with Gasteiger partial charge < -0.3 is 9.64 Å². The predicted molar refractivity (Wildman–Crippen MR) is 202 cm³/mol. The van der Waals surface area contributed by atoms with Crippen molar-refractivity contribution < 1.29 is 4.74 Å². The summed E-state index contributed by atoms with van der Waals surface area (Å²) >= 11 is 0. The number of nitrogens with zero attached hydrogens (tertiary/aromatic N) is 1. The van der Waals surface area contributed by atoms with Crippen molar-refractivity contribution in [2.75, 3.05) is 4.90 Å². The molecule has 1 heterocycles. The summed E-state index contributed by atoms with van der Waals surface area (Å²) < 4.78 is 7.22. The topological polar surface area (TPSA) is 12.5 Å². The van der Waals surface area contributed by atoms with Crippen molar-refractivity contribution >= 4 is 17.1 Å². The van der Waals surface area contributed by atoms with E-state index in [4.69, 9.17) is 4.74 Å². The lowest BCUT2D eigenvalue weighted by Crippen LogP contribution is -2.44. The van der Waals surface area contributed by atoms with E-state index in [9.17, 15) is 0 Å². The predicted octanol–water partition coefficient (Wildman–Crippen LogP) is 12.6. The summed E-state index contributed by atoms with van der Waals surface area (Å²) in [5.74, 6) is 5.23. The second-order valence-corrected chi connectivity index (χ2v) is 17.2. The first kappa shape index (κ1) is 29.6. The highest BCUT2D eigenvalue weighted by atomic mass is 16.5. The number of hydrogen-bond donors (Lipinski definition) is 0. The molecule has 5 aromatic carbocycles. The van der Waals surface area contributed by atoms with Gasteiger partial charge in [-0.15, -0.1) is 0 Å². The lowest BCUT2D eigenvalue weighted by molar-refractivity contribution is 0.173. The molecule has 0 radical (unpaired) electrons. The summed E-state index contributed by atoms with van der Waals surface area (Å²) in [6.07, 6.45) is 7.85. The largest absolute Gasteiger partial charge is 0.455 e. The van der Waals surface area contributed by atoms with E-state index >= 15 is 0 Å². The highest BCUT2D eigenvalue weighted by Crippen LogP contribution is 2.73. The number of rotatable bonds is 4. The highest BCUT2D eigenvalue weighted by molar-refractivity contribution is 5.86. The molecule has 5 unspecified atom stereocenters. The second kappa shape index (κ2) is 10.4. The molecule has 2 nitrogen and oxygen atoms in total. The first-order valence-electron chi connectivity index (χ1n) is 18.8. The molecule has 5 atom stereocenters. The third-order valence-electron chi connectivity index (χ3n) is 13.7. The second-order valence-electron chi connectivity index (χ2n) is 17.2. The quantitative estimate of drug-likeness (QED) is 0.194. The molecular formula is C47H47NO. The van der Waals surface area contributed by atoms with Gasteiger partial charge in [0.05, 0.1) is 11.4 Å². The Kier molecular flexibility index (Phi) is 6.26. The van der Waals surface area contributed by atoms with Crippen LogP contribution in [0.5, 0.6) is 11.5 Å². The van der Waals surface area contributed by atoms with Gasteiger partial charge in [0.25, 0.3) is 0 Å². The van der Waals surface area contributed by atoms with Gasteiger partial charge in [-0.1, -0.05) is 113 Å². The van der Waals surface area contributed by atoms with Crippen LogP contribution >= 0.6 is 0 Å². The standard InChI is InChI=1S/C47H47NO/c1-45(2)24-25-46(3,4)43-37(45)15-10-17-40(43)48(35-22-20-32(21-23-35)31-12-6-5-7-13-31)41-18-11-16-38-44(41)49-42-19-9-8-14-36(42)47(38)34-27-30-26-33(29-34)39(47)28-30/h5-23,30,33-34,39H,24-29H2,1-4H3. The Morgan fingerprint density at radius 3 is 2.04 bits per heavy atom. The minimum Gasteiger partial charge on any atom is -0.455 e. The van der Waals surface area contributed by atoms with E-state index in [0.29, 0.717) is 11.8 Å². The van der Waals surface area contributed by atoms with Crippen LogP contribution in [-0.4, -0.2) is 0 Å². The van der Waals surface area contributed by atoms with E-state index in [1.54, 1.807) is 0 Å². The van der Waals surface area contributed by atoms with Crippen LogP contribution in [0.3, 0.4) is 0 Å². The maximum atomic E-state index is 7.22. The summed E-state index contributed by atoms with van der Waals surface area (Å²) in [6, 6.07) is 43.2. The third kappa shape index (κ3) is 4.13. The van der Waals surface area contributed by atoms with Crippen molar-refractivity contribution in [2.45, 2.75) is 82.5 Å². The fourth-order valence-electron chi connectivity index (χ4n) is 11.6. The molecule has 1 aliphatic heterocycles. The van der Waals surface area contributed by atoms with Crippen LogP contribution in [0.25, 0.3) is 11.1 Å². The van der Waals surface area contributed by atoms with E-state index in [0.717, 1.165) is 35.4 Å². The zero-order valence-electron chi connectivity index (χ0n) is 29.4. The van der Waals surface area contributed by atoms with Crippen molar-refractivity contribution in [3.63, 3.8) is 0 Å². The van der Waals surface area contributed by atoms with Gasteiger partial charge in [-0.25, -0.2) is 0 Å². The smallest absolute Gasteiger partial charge is 0.155 e. The molecule has 4 bridgehead atoms. The fourth-order valence-corrected chi connectivity index (χ4v) is 11.6. The first-order chi connectivity index (χ1) is 23.8. The number of ether oxygens (including phenoxy) is 1. The SMILES string of the molecule is CC1(C)CCC(C)(C)c2c(N(c3ccc(-c4ccccc4)cc3)c3cccc4c3Oc3ccccc3C43C4CC5CC(C4)C3C5)cccc21.